The van der Waals surface area contributed by atoms with Gasteiger partial charge in [0, 0.05) is 50.5 Å². The zero-order valence-electron chi connectivity index (χ0n) is 18.7. The maximum Gasteiger partial charge on any atom is 0.234 e. The highest BCUT2D eigenvalue weighted by Crippen LogP contribution is 2.24. The molecule has 1 saturated heterocycles. The molecule has 0 bridgehead atoms. The third-order valence-electron chi connectivity index (χ3n) is 5.26. The largest absolute Gasteiger partial charge is 0.366 e. The molecule has 2 aromatic carbocycles. The van der Waals surface area contributed by atoms with Gasteiger partial charge in [0.1, 0.15) is 23.0 Å². The molecule has 8 nitrogen and oxygen atoms in total. The topological polar surface area (TPSA) is 90.5 Å². The molecule has 34 heavy (non-hydrogen) atoms. The van der Waals surface area contributed by atoms with Crippen LogP contribution >= 0.6 is 11.8 Å². The molecule has 0 radical (unpaired) electrons. The van der Waals surface area contributed by atoms with E-state index in [4.69, 9.17) is 0 Å². The average Bonchev–Trinajstić information content (AvgIpc) is 2.84. The quantitative estimate of drug-likeness (QED) is 0.394. The van der Waals surface area contributed by atoms with Crippen LogP contribution in [0, 0.1) is 5.82 Å². The molecule has 1 aliphatic heterocycles. The maximum atomic E-state index is 14.1. The molecule has 0 atom stereocenters. The van der Waals surface area contributed by atoms with Crippen LogP contribution in [0.2, 0.25) is 0 Å². The number of amides is 2. The third kappa shape index (κ3) is 6.22. The number of rotatable bonds is 7. The standard InChI is InChI=1S/C24H25FN6O2S/c1-17(32)28-18-6-8-19(9-7-18)29-23(33)15-34-24-14-22(26-16-27-24)31-12-10-30(11-13-31)21-5-3-2-4-20(21)25/h2-9,14,16H,10-13,15H2,1H3,(H,28,32)(H,29,33). The fourth-order valence-electron chi connectivity index (χ4n) is 3.64. The van der Waals surface area contributed by atoms with E-state index in [1.165, 1.54) is 31.1 Å². The second kappa shape index (κ2) is 11.0. The number of carbonyl (C=O) groups excluding carboxylic acids is 2. The van der Waals surface area contributed by atoms with Crippen molar-refractivity contribution in [1.29, 1.82) is 0 Å². The monoisotopic (exact) mass is 480 g/mol. The summed E-state index contributed by atoms with van der Waals surface area (Å²) in [6.45, 7) is 4.25. The van der Waals surface area contributed by atoms with E-state index in [1.807, 2.05) is 17.0 Å². The predicted octanol–water partition coefficient (Wildman–Crippen LogP) is 3.63. The van der Waals surface area contributed by atoms with Gasteiger partial charge >= 0.3 is 0 Å². The Kier molecular flexibility index (Phi) is 7.58. The van der Waals surface area contributed by atoms with Crippen LogP contribution in [0.25, 0.3) is 0 Å². The van der Waals surface area contributed by atoms with Gasteiger partial charge in [-0.2, -0.15) is 0 Å². The Labute approximate surface area is 201 Å². The lowest BCUT2D eigenvalue weighted by atomic mass is 10.2. The summed E-state index contributed by atoms with van der Waals surface area (Å²) in [5.41, 5.74) is 1.94. The number of carbonyl (C=O) groups is 2. The lowest BCUT2D eigenvalue weighted by molar-refractivity contribution is -0.114. The summed E-state index contributed by atoms with van der Waals surface area (Å²) in [6.07, 6.45) is 1.50. The van der Waals surface area contributed by atoms with Crippen LogP contribution < -0.4 is 20.4 Å². The number of benzene rings is 2. The highest BCUT2D eigenvalue weighted by Gasteiger charge is 2.20. The van der Waals surface area contributed by atoms with Crippen molar-refractivity contribution in [2.75, 3.05) is 52.4 Å². The van der Waals surface area contributed by atoms with Gasteiger partial charge in [0.15, 0.2) is 0 Å². The minimum absolute atomic E-state index is 0.149. The summed E-state index contributed by atoms with van der Waals surface area (Å²) >= 11 is 1.33. The molecule has 4 rings (SSSR count). The first kappa shape index (κ1) is 23.5. The summed E-state index contributed by atoms with van der Waals surface area (Å²) < 4.78 is 14.1. The zero-order valence-corrected chi connectivity index (χ0v) is 19.5. The Morgan fingerprint density at radius 1 is 0.941 bits per heavy atom. The van der Waals surface area contributed by atoms with Gasteiger partial charge in [-0.3, -0.25) is 9.59 Å². The van der Waals surface area contributed by atoms with Gasteiger partial charge in [-0.1, -0.05) is 23.9 Å². The van der Waals surface area contributed by atoms with Crippen molar-refractivity contribution < 1.29 is 14.0 Å². The summed E-state index contributed by atoms with van der Waals surface area (Å²) in [6, 6.07) is 15.6. The van der Waals surface area contributed by atoms with Gasteiger partial charge in [-0.25, -0.2) is 14.4 Å². The lowest BCUT2D eigenvalue weighted by Crippen LogP contribution is -2.47. The number of halogens is 1. The molecule has 2 N–H and O–H groups in total. The first-order valence-corrected chi connectivity index (χ1v) is 11.8. The summed E-state index contributed by atoms with van der Waals surface area (Å²) in [5.74, 6) is 0.476. The molecule has 1 aliphatic rings. The number of anilines is 4. The normalized spacial score (nSPS) is 13.5. The van der Waals surface area contributed by atoms with E-state index in [0.29, 0.717) is 48.3 Å². The van der Waals surface area contributed by atoms with Crippen molar-refractivity contribution in [1.82, 2.24) is 9.97 Å². The number of hydrogen-bond acceptors (Lipinski definition) is 7. The van der Waals surface area contributed by atoms with Crippen LogP contribution in [0.4, 0.5) is 27.3 Å². The van der Waals surface area contributed by atoms with Crippen LogP contribution in [0.1, 0.15) is 6.92 Å². The Bertz CT molecular complexity index is 1150. The molecule has 2 amide bonds. The van der Waals surface area contributed by atoms with Crippen molar-refractivity contribution in [3.8, 4) is 0 Å². The van der Waals surface area contributed by atoms with Gasteiger partial charge < -0.3 is 20.4 Å². The maximum absolute atomic E-state index is 14.1. The molecule has 0 saturated carbocycles. The molecule has 0 spiro atoms. The van der Waals surface area contributed by atoms with E-state index < -0.39 is 0 Å². The van der Waals surface area contributed by atoms with Gasteiger partial charge in [0.2, 0.25) is 11.8 Å². The van der Waals surface area contributed by atoms with Gasteiger partial charge in [0.25, 0.3) is 0 Å². The van der Waals surface area contributed by atoms with Gasteiger partial charge in [-0.05, 0) is 36.4 Å². The van der Waals surface area contributed by atoms with Crippen molar-refractivity contribution >= 4 is 46.5 Å². The van der Waals surface area contributed by atoms with Crippen LogP contribution in [0.3, 0.4) is 0 Å². The fraction of sp³-hybridized carbons (Fsp3) is 0.250. The molecule has 3 aromatic rings. The van der Waals surface area contributed by atoms with E-state index in [0.717, 1.165) is 5.82 Å². The Balaban J connectivity index is 1.28. The molecule has 1 aromatic heterocycles. The number of piperazine rings is 1. The summed E-state index contributed by atoms with van der Waals surface area (Å²) in [4.78, 5) is 36.3. The number of hydrogen-bond donors (Lipinski definition) is 2. The molecule has 1 fully saturated rings. The first-order chi connectivity index (χ1) is 16.5. The van der Waals surface area contributed by atoms with Crippen molar-refractivity contribution in [2.24, 2.45) is 0 Å². The van der Waals surface area contributed by atoms with Gasteiger partial charge in [0.05, 0.1) is 11.4 Å². The molecular formula is C24H25FN6O2S. The van der Waals surface area contributed by atoms with Gasteiger partial charge in [-0.15, -0.1) is 0 Å². The summed E-state index contributed by atoms with van der Waals surface area (Å²) in [7, 11) is 0. The van der Waals surface area contributed by atoms with E-state index in [-0.39, 0.29) is 23.4 Å². The molecule has 2 heterocycles. The predicted molar refractivity (Wildman–Crippen MR) is 133 cm³/mol. The number of nitrogens with zero attached hydrogens (tertiary/aromatic N) is 4. The number of aromatic nitrogens is 2. The molecule has 176 valence electrons. The Morgan fingerprint density at radius 3 is 2.26 bits per heavy atom. The second-order valence-electron chi connectivity index (χ2n) is 7.74. The number of para-hydroxylation sites is 1. The second-order valence-corrected chi connectivity index (χ2v) is 8.73. The zero-order chi connectivity index (χ0) is 23.9. The minimum atomic E-state index is -0.210. The van der Waals surface area contributed by atoms with Crippen molar-refractivity contribution in [3.05, 3.63) is 66.7 Å². The number of nitrogens with one attached hydrogen (secondary N) is 2. The van der Waals surface area contributed by atoms with E-state index >= 15 is 0 Å². The molecule has 0 aliphatic carbocycles. The van der Waals surface area contributed by atoms with E-state index in [9.17, 15) is 14.0 Å². The smallest absolute Gasteiger partial charge is 0.234 e. The van der Waals surface area contributed by atoms with E-state index in [2.05, 4.69) is 25.5 Å². The Morgan fingerprint density at radius 2 is 1.59 bits per heavy atom. The van der Waals surface area contributed by atoms with E-state index in [1.54, 1.807) is 36.4 Å². The lowest BCUT2D eigenvalue weighted by Gasteiger charge is -2.36. The first-order valence-electron chi connectivity index (χ1n) is 10.8. The highest BCUT2D eigenvalue weighted by molar-refractivity contribution is 7.99. The highest BCUT2D eigenvalue weighted by atomic mass is 32.2. The van der Waals surface area contributed by atoms with Crippen LogP contribution in [-0.2, 0) is 9.59 Å². The van der Waals surface area contributed by atoms with Crippen LogP contribution in [0.15, 0.2) is 66.0 Å². The molecular weight excluding hydrogens is 455 g/mol. The van der Waals surface area contributed by atoms with Crippen molar-refractivity contribution in [3.63, 3.8) is 0 Å². The molecule has 0 unspecified atom stereocenters. The Hall–Kier alpha value is -3.66. The van der Waals surface area contributed by atoms with Crippen molar-refractivity contribution in [2.45, 2.75) is 11.9 Å². The van der Waals surface area contributed by atoms with Crippen LogP contribution in [-0.4, -0.2) is 53.7 Å². The van der Waals surface area contributed by atoms with Crippen LogP contribution in [0.5, 0.6) is 0 Å². The number of thioether (sulfide) groups is 1. The fourth-order valence-corrected chi connectivity index (χ4v) is 4.30. The summed E-state index contributed by atoms with van der Waals surface area (Å²) in [5, 5.41) is 6.22. The minimum Gasteiger partial charge on any atom is -0.366 e. The average molecular weight is 481 g/mol. The third-order valence-corrected chi connectivity index (χ3v) is 6.19. The molecule has 10 heteroatoms. The SMILES string of the molecule is CC(=O)Nc1ccc(NC(=O)CSc2cc(N3CCN(c4ccccc4F)CC3)ncn2)cc1.